The Morgan fingerprint density at radius 2 is 1.81 bits per heavy atom. The molecule has 3 aromatic rings. The van der Waals surface area contributed by atoms with Crippen molar-refractivity contribution in [1.82, 2.24) is 19.9 Å². The highest BCUT2D eigenvalue weighted by Crippen LogP contribution is 2.34. The Morgan fingerprint density at radius 1 is 1.10 bits per heavy atom. The number of amides is 2. The Hall–Kier alpha value is -4.42. The maximum Gasteiger partial charge on any atom is 0.416 e. The molecular formula is C29H32F3N5O5. The number of halogens is 3. The predicted octanol–water partition coefficient (Wildman–Crippen LogP) is 6.38. The fraction of sp³-hybridized carbons (Fsp3) is 0.414. The number of anilines is 1. The van der Waals surface area contributed by atoms with E-state index in [2.05, 4.69) is 20.3 Å². The maximum absolute atomic E-state index is 13.0. The molecule has 224 valence electrons. The normalized spacial score (nSPS) is 15.7. The van der Waals surface area contributed by atoms with E-state index in [9.17, 15) is 27.6 Å². The third-order valence-electron chi connectivity index (χ3n) is 6.40. The van der Waals surface area contributed by atoms with Crippen molar-refractivity contribution in [3.63, 3.8) is 0 Å². The van der Waals surface area contributed by atoms with Gasteiger partial charge in [-0.3, -0.25) is 9.69 Å². The van der Waals surface area contributed by atoms with Crippen LogP contribution >= 0.6 is 0 Å². The second kappa shape index (κ2) is 12.2. The highest BCUT2D eigenvalue weighted by molar-refractivity contribution is 6.04. The number of benzene rings is 1. The number of imidazole rings is 1. The molecule has 0 aliphatic carbocycles. The summed E-state index contributed by atoms with van der Waals surface area (Å²) in [6.45, 7) is 7.62. The largest absolute Gasteiger partial charge is 0.461 e. The molecule has 2 N–H and O–H groups in total. The molecule has 0 radical (unpaired) electrons. The molecule has 1 aliphatic rings. The number of piperidine rings is 1. The van der Waals surface area contributed by atoms with Crippen molar-refractivity contribution in [2.45, 2.75) is 64.8 Å². The quantitative estimate of drug-likeness (QED) is 0.321. The molecule has 13 heteroatoms. The number of carbonyl (C=O) groups excluding carboxylic acids is 3. The van der Waals surface area contributed by atoms with Crippen LogP contribution in [0.4, 0.5) is 23.8 Å². The molecular weight excluding hydrogens is 555 g/mol. The summed E-state index contributed by atoms with van der Waals surface area (Å²) in [5, 5.41) is 2.36. The number of rotatable bonds is 6. The lowest BCUT2D eigenvalue weighted by Crippen LogP contribution is -2.42. The number of nitrogens with zero attached hydrogens (tertiary/aromatic N) is 3. The van der Waals surface area contributed by atoms with Gasteiger partial charge in [0.2, 0.25) is 0 Å². The van der Waals surface area contributed by atoms with E-state index in [-0.39, 0.29) is 29.4 Å². The minimum absolute atomic E-state index is 0.0897. The fourth-order valence-corrected chi connectivity index (χ4v) is 4.51. The molecule has 0 bridgehead atoms. The number of aromatic nitrogens is 3. The number of carbonyl (C=O) groups is 3. The van der Waals surface area contributed by atoms with E-state index < -0.39 is 41.4 Å². The van der Waals surface area contributed by atoms with Gasteiger partial charge in [-0.15, -0.1) is 0 Å². The van der Waals surface area contributed by atoms with E-state index >= 15 is 0 Å². The van der Waals surface area contributed by atoms with E-state index in [1.54, 1.807) is 44.7 Å². The molecule has 2 amide bonds. The fourth-order valence-electron chi connectivity index (χ4n) is 4.51. The zero-order chi connectivity index (χ0) is 30.7. The number of esters is 1. The number of likely N-dealkylation sites (tertiary alicyclic amines) is 1. The molecule has 10 nitrogen and oxygen atoms in total. The zero-order valence-electron chi connectivity index (χ0n) is 23.7. The molecule has 2 aromatic heterocycles. The highest BCUT2D eigenvalue weighted by Gasteiger charge is 2.35. The van der Waals surface area contributed by atoms with E-state index in [1.165, 1.54) is 12.1 Å². The van der Waals surface area contributed by atoms with Gasteiger partial charge in [0.25, 0.3) is 5.91 Å². The molecule has 1 atom stereocenters. The Labute approximate surface area is 240 Å². The monoisotopic (exact) mass is 587 g/mol. The summed E-state index contributed by atoms with van der Waals surface area (Å²) < 4.78 is 49.9. The number of aromatic amines is 1. The van der Waals surface area contributed by atoms with Gasteiger partial charge >= 0.3 is 18.2 Å². The SMILES string of the molecule is CCOC(=O)c1[nH]c([C@@H]2CCCCN2C(=O)OC(C)(C)C)nc1-c1ccc(C(=O)Nc2cc(C(F)(F)F)ccn2)cc1. The van der Waals surface area contributed by atoms with Gasteiger partial charge in [-0.25, -0.2) is 19.6 Å². The standard InChI is InChI=1S/C29H32F3N5O5/c1-5-41-26(39)23-22(35-24(36-23)20-8-6-7-15-37(20)27(40)42-28(2,3)4)17-9-11-18(12-10-17)25(38)34-21-16-19(13-14-33-21)29(30,31)32/h9-14,16,20H,5-8,15H2,1-4H3,(H,35,36)(H,33,34,38)/t20-/m0/s1. The number of nitrogens with one attached hydrogen (secondary N) is 2. The molecule has 1 saturated heterocycles. The number of pyridine rings is 1. The summed E-state index contributed by atoms with van der Waals surface area (Å²) in [6, 6.07) is 7.12. The average Bonchev–Trinajstić information content (AvgIpc) is 3.38. The number of ether oxygens (including phenoxy) is 2. The smallest absolute Gasteiger partial charge is 0.416 e. The second-order valence-corrected chi connectivity index (χ2v) is 10.7. The summed E-state index contributed by atoms with van der Waals surface area (Å²) in [5.74, 6) is -1.15. The van der Waals surface area contributed by atoms with Gasteiger partial charge in [0.1, 0.15) is 22.9 Å². The molecule has 4 rings (SSSR count). The second-order valence-electron chi connectivity index (χ2n) is 10.7. The zero-order valence-corrected chi connectivity index (χ0v) is 23.7. The number of H-pyrrole nitrogens is 1. The van der Waals surface area contributed by atoms with Crippen LogP contribution in [-0.4, -0.2) is 56.6 Å². The van der Waals surface area contributed by atoms with E-state index in [1.807, 2.05) is 0 Å². The molecule has 0 spiro atoms. The van der Waals surface area contributed by atoms with Gasteiger partial charge in [-0.2, -0.15) is 13.2 Å². The van der Waals surface area contributed by atoms with Crippen molar-refractivity contribution >= 4 is 23.8 Å². The molecule has 1 aliphatic heterocycles. The Balaban J connectivity index is 1.61. The van der Waals surface area contributed by atoms with E-state index in [0.717, 1.165) is 31.2 Å². The van der Waals surface area contributed by atoms with Crippen molar-refractivity contribution in [1.29, 1.82) is 0 Å². The molecule has 42 heavy (non-hydrogen) atoms. The van der Waals surface area contributed by atoms with Gasteiger partial charge in [0.15, 0.2) is 5.69 Å². The van der Waals surface area contributed by atoms with Crippen LogP contribution in [0.1, 0.15) is 85.2 Å². The molecule has 0 saturated carbocycles. The third kappa shape index (κ3) is 7.25. The van der Waals surface area contributed by atoms with Crippen molar-refractivity contribution < 1.29 is 37.0 Å². The summed E-state index contributed by atoms with van der Waals surface area (Å²) in [7, 11) is 0. The van der Waals surface area contributed by atoms with Crippen LogP contribution in [-0.2, 0) is 15.7 Å². The predicted molar refractivity (Wildman–Crippen MR) is 147 cm³/mol. The average molecular weight is 588 g/mol. The van der Waals surface area contributed by atoms with E-state index in [4.69, 9.17) is 9.47 Å². The van der Waals surface area contributed by atoms with Crippen LogP contribution in [0.25, 0.3) is 11.3 Å². The molecule has 0 unspecified atom stereocenters. The van der Waals surface area contributed by atoms with Gasteiger partial charge < -0.3 is 19.8 Å². The van der Waals surface area contributed by atoms with Crippen LogP contribution in [0.3, 0.4) is 0 Å². The van der Waals surface area contributed by atoms with Crippen LogP contribution in [0.2, 0.25) is 0 Å². The lowest BCUT2D eigenvalue weighted by molar-refractivity contribution is -0.137. The minimum atomic E-state index is -4.58. The van der Waals surface area contributed by atoms with Gasteiger partial charge in [-0.05, 0) is 71.2 Å². The summed E-state index contributed by atoms with van der Waals surface area (Å²) in [6.07, 6.45) is -1.84. The number of hydrogen-bond donors (Lipinski definition) is 2. The first kappa shape index (κ1) is 30.5. The van der Waals surface area contributed by atoms with Gasteiger partial charge in [-0.1, -0.05) is 12.1 Å². The highest BCUT2D eigenvalue weighted by atomic mass is 19.4. The first-order valence-corrected chi connectivity index (χ1v) is 13.5. The van der Waals surface area contributed by atoms with Crippen LogP contribution in [0.15, 0.2) is 42.6 Å². The van der Waals surface area contributed by atoms with Crippen LogP contribution in [0, 0.1) is 0 Å². The first-order chi connectivity index (χ1) is 19.8. The van der Waals surface area contributed by atoms with E-state index in [0.29, 0.717) is 24.4 Å². The molecule has 3 heterocycles. The van der Waals surface area contributed by atoms with Gasteiger partial charge in [0, 0.05) is 23.9 Å². The minimum Gasteiger partial charge on any atom is -0.461 e. The lowest BCUT2D eigenvalue weighted by atomic mass is 10.0. The first-order valence-electron chi connectivity index (χ1n) is 13.5. The van der Waals surface area contributed by atoms with Crippen molar-refractivity contribution in [3.05, 3.63) is 65.2 Å². The molecule has 1 aromatic carbocycles. The maximum atomic E-state index is 13.0. The van der Waals surface area contributed by atoms with Crippen molar-refractivity contribution in [3.8, 4) is 11.3 Å². The topological polar surface area (TPSA) is 127 Å². The van der Waals surface area contributed by atoms with Crippen molar-refractivity contribution in [2.24, 2.45) is 0 Å². The number of hydrogen-bond acceptors (Lipinski definition) is 7. The Bertz CT molecular complexity index is 1450. The Kier molecular flexibility index (Phi) is 8.88. The lowest BCUT2D eigenvalue weighted by Gasteiger charge is -2.35. The Morgan fingerprint density at radius 3 is 2.45 bits per heavy atom. The van der Waals surface area contributed by atoms with Gasteiger partial charge in [0.05, 0.1) is 18.2 Å². The summed E-state index contributed by atoms with van der Waals surface area (Å²) in [5.41, 5.74) is -0.637. The molecule has 1 fully saturated rings. The van der Waals surface area contributed by atoms with Crippen LogP contribution in [0.5, 0.6) is 0 Å². The van der Waals surface area contributed by atoms with Crippen LogP contribution < -0.4 is 5.32 Å². The third-order valence-corrected chi connectivity index (χ3v) is 6.40. The summed E-state index contributed by atoms with van der Waals surface area (Å²) >= 11 is 0. The number of alkyl halides is 3. The summed E-state index contributed by atoms with van der Waals surface area (Å²) in [4.78, 5) is 51.7. The van der Waals surface area contributed by atoms with Crippen molar-refractivity contribution in [2.75, 3.05) is 18.5 Å².